The van der Waals surface area contributed by atoms with Crippen molar-refractivity contribution in [2.75, 3.05) is 13.2 Å². The van der Waals surface area contributed by atoms with Crippen LogP contribution in [0.25, 0.3) is 21.8 Å². The van der Waals surface area contributed by atoms with Crippen LogP contribution in [0.5, 0.6) is 23.0 Å². The van der Waals surface area contributed by atoms with Crippen molar-refractivity contribution in [1.82, 2.24) is 9.55 Å². The number of ether oxygens (including phenoxy) is 6. The molecule has 0 radical (unpaired) electrons. The summed E-state index contributed by atoms with van der Waals surface area (Å²) in [6, 6.07) is 35.2. The number of alkyl halides is 7. The van der Waals surface area contributed by atoms with Crippen LogP contribution in [0.3, 0.4) is 0 Å². The van der Waals surface area contributed by atoms with E-state index in [1.54, 1.807) is 106 Å². The molecule has 2 heterocycles. The Morgan fingerprint density at radius 3 is 1.49 bits per heavy atom. The van der Waals surface area contributed by atoms with Gasteiger partial charge in [-0.1, -0.05) is 77.2 Å². The molecule has 1 N–H and O–H groups in total. The molecule has 0 bridgehead atoms. The van der Waals surface area contributed by atoms with Crippen molar-refractivity contribution in [3.63, 3.8) is 0 Å². The van der Waals surface area contributed by atoms with E-state index in [0.29, 0.717) is 96.4 Å². The van der Waals surface area contributed by atoms with Gasteiger partial charge >= 0.3 is 24.7 Å². The molecule has 0 aliphatic heterocycles. The number of nitrogens with one attached hydrogen (secondary N) is 1. The molecule has 2 aromatic heterocycles. The van der Waals surface area contributed by atoms with Gasteiger partial charge in [-0.05, 0) is 149 Å². The van der Waals surface area contributed by atoms with Gasteiger partial charge in [0, 0.05) is 67.3 Å². The van der Waals surface area contributed by atoms with Crippen LogP contribution in [0.4, 0.5) is 26.3 Å². The van der Waals surface area contributed by atoms with Gasteiger partial charge in [0.15, 0.2) is 23.8 Å². The number of ketones is 2. The van der Waals surface area contributed by atoms with E-state index in [0.717, 1.165) is 16.5 Å². The van der Waals surface area contributed by atoms with Crippen LogP contribution in [-0.2, 0) is 30.9 Å². The first-order chi connectivity index (χ1) is 38.4. The highest BCUT2D eigenvalue weighted by Gasteiger charge is 2.33. The summed E-state index contributed by atoms with van der Waals surface area (Å²) in [6.07, 6.45) is -9.95. The number of carbonyl (C=O) groups is 4. The van der Waals surface area contributed by atoms with Crippen molar-refractivity contribution in [2.45, 2.75) is 91.2 Å². The van der Waals surface area contributed by atoms with Gasteiger partial charge in [0.05, 0.1) is 35.4 Å². The van der Waals surface area contributed by atoms with E-state index in [1.165, 1.54) is 36.4 Å². The van der Waals surface area contributed by atoms with E-state index < -0.39 is 36.7 Å². The molecule has 0 spiro atoms. The summed E-state index contributed by atoms with van der Waals surface area (Å²) in [4.78, 5) is 53.0. The Morgan fingerprint density at radius 2 is 1.02 bits per heavy atom. The highest BCUT2D eigenvalue weighted by Crippen LogP contribution is 2.35. The van der Waals surface area contributed by atoms with Crippen LogP contribution in [0.15, 0.2) is 133 Å². The van der Waals surface area contributed by atoms with Gasteiger partial charge in [-0.15, -0.1) is 26.3 Å². The lowest BCUT2D eigenvalue weighted by molar-refractivity contribution is -0.275. The summed E-state index contributed by atoms with van der Waals surface area (Å²) in [7, 11) is 0. The first-order valence-corrected chi connectivity index (χ1v) is 27.1. The minimum Gasteiger partial charge on any atom is -0.479 e. The third-order valence-corrected chi connectivity index (χ3v) is 13.2. The number of hydrogen-bond acceptors (Lipinski definition) is 10. The molecule has 21 heteroatoms. The summed E-state index contributed by atoms with van der Waals surface area (Å²) in [6.45, 7) is 11.4. The number of aromatic nitrogens is 2. The third-order valence-electron chi connectivity index (χ3n) is 12.1. The first-order valence-electron chi connectivity index (χ1n) is 25.2. The average molecular weight is 1230 g/mol. The average Bonchev–Trinajstić information content (AvgIpc) is 3.95. The molecule has 81 heavy (non-hydrogen) atoms. The number of benzene rings is 6. The number of aromatic amines is 1. The second kappa shape index (κ2) is 28.3. The standard InChI is InChI=1S/C30H27ClF3NO5.C17H11ClF3NO2.C13H17BrO3/c1-4-26(29(37)38-5-2)39-22-8-6-7-19(15-22)17-35-18(3)27(28(36)20-9-11-21(31)12-10-20)24-14-13-23(16-25(24)35)40-30(32,33)34;1-9-15(16(23)10-2-4-11(18)5-3-10)13-7-6-12(8-14(13)22-9)24-17(19,20)21;1-3-12(13(15)16-4-2)17-11-7-5-6-10(8-11)9-14/h6-16,26H,4-5,17H2,1-3H3;2-8,22H,1H3;5-8,12H,3-4,9H2,1-2H3/t26-;;12-/m1.1/s1. The van der Waals surface area contributed by atoms with Gasteiger partial charge in [-0.3, -0.25) is 9.59 Å². The number of H-pyrrole nitrogens is 1. The van der Waals surface area contributed by atoms with E-state index in [-0.39, 0.29) is 36.4 Å². The molecule has 0 saturated carbocycles. The normalized spacial score (nSPS) is 12.0. The maximum absolute atomic E-state index is 13.6. The highest BCUT2D eigenvalue weighted by atomic mass is 79.9. The predicted octanol–water partition coefficient (Wildman–Crippen LogP) is 16.1. The molecule has 6 aromatic carbocycles. The van der Waals surface area contributed by atoms with Gasteiger partial charge in [-0.25, -0.2) is 9.59 Å². The van der Waals surface area contributed by atoms with Gasteiger partial charge in [0.1, 0.15) is 23.0 Å². The number of aryl methyl sites for hydroxylation is 1. The Kier molecular flexibility index (Phi) is 21.9. The van der Waals surface area contributed by atoms with E-state index in [9.17, 15) is 45.5 Å². The molecule has 0 unspecified atom stereocenters. The zero-order valence-corrected chi connectivity index (χ0v) is 47.6. The Labute approximate surface area is 481 Å². The first kappa shape index (κ1) is 62.7. The molecular weight excluding hydrogens is 1170 g/mol. The van der Waals surface area contributed by atoms with E-state index in [1.807, 2.05) is 37.3 Å². The fraction of sp³-hybridized carbons (Fsp3) is 0.267. The zero-order chi connectivity index (χ0) is 59.2. The predicted molar refractivity (Wildman–Crippen MR) is 300 cm³/mol. The number of fused-ring (bicyclic) bond motifs is 2. The van der Waals surface area contributed by atoms with E-state index >= 15 is 0 Å². The van der Waals surface area contributed by atoms with Crippen LogP contribution in [0.2, 0.25) is 10.0 Å². The van der Waals surface area contributed by atoms with E-state index in [4.69, 9.17) is 42.1 Å². The van der Waals surface area contributed by atoms with Gasteiger partial charge in [0.25, 0.3) is 0 Å². The molecule has 428 valence electrons. The van der Waals surface area contributed by atoms with Crippen molar-refractivity contribution in [1.29, 1.82) is 0 Å². The number of carbonyl (C=O) groups excluding carboxylic acids is 4. The fourth-order valence-electron chi connectivity index (χ4n) is 8.43. The molecule has 0 amide bonds. The number of halogens is 9. The minimum atomic E-state index is -4.87. The van der Waals surface area contributed by atoms with Crippen molar-refractivity contribution < 1.29 is 73.9 Å². The number of nitrogens with zero attached hydrogens (tertiary/aromatic N) is 1. The van der Waals surface area contributed by atoms with Gasteiger partial charge in [-0.2, -0.15) is 0 Å². The molecular formula is C60H55BrCl2F6N2O10. The molecule has 0 saturated heterocycles. The highest BCUT2D eigenvalue weighted by molar-refractivity contribution is 9.08. The van der Waals surface area contributed by atoms with Crippen LogP contribution in [0.1, 0.15) is 94.9 Å². The van der Waals surface area contributed by atoms with Crippen LogP contribution in [-0.4, -0.2) is 71.2 Å². The SMILES string of the molecule is CCOC(=O)[C@@H](CC)Oc1cccc(CBr)c1.CCOC(=O)[C@@H](CC)Oc1cccc(Cn2c(C)c(C(=O)c3ccc(Cl)cc3)c3ccc(OC(F)(F)F)cc32)c1.Cc1[nH]c2cc(OC(F)(F)F)ccc2c1C(=O)c1ccc(Cl)cc1. The molecule has 12 nitrogen and oxygen atoms in total. The van der Waals surface area contributed by atoms with E-state index in [2.05, 4.69) is 30.4 Å². The lowest BCUT2D eigenvalue weighted by atomic mass is 10.0. The van der Waals surface area contributed by atoms with Crippen LogP contribution < -0.4 is 18.9 Å². The molecule has 0 fully saturated rings. The van der Waals surface area contributed by atoms with Crippen LogP contribution >= 0.6 is 39.1 Å². The molecule has 0 aliphatic rings. The molecule has 8 rings (SSSR count). The Morgan fingerprint density at radius 1 is 0.568 bits per heavy atom. The zero-order valence-electron chi connectivity index (χ0n) is 44.5. The molecule has 2 atom stereocenters. The smallest absolute Gasteiger partial charge is 0.479 e. The number of rotatable bonds is 19. The van der Waals surface area contributed by atoms with Gasteiger partial charge < -0.3 is 38.0 Å². The quantitative estimate of drug-likeness (QED) is 0.0359. The summed E-state index contributed by atoms with van der Waals surface area (Å²) >= 11 is 15.2. The van der Waals surface area contributed by atoms with Crippen LogP contribution in [0, 0.1) is 13.8 Å². The second-order valence-electron chi connectivity index (χ2n) is 17.8. The Hall–Kier alpha value is -7.48. The van der Waals surface area contributed by atoms with Crippen molar-refractivity contribution in [2.24, 2.45) is 0 Å². The monoisotopic (exact) mass is 1230 g/mol. The third kappa shape index (κ3) is 17.3. The minimum absolute atomic E-state index is 0.207. The molecule has 8 aromatic rings. The number of hydrogen-bond donors (Lipinski definition) is 1. The van der Waals surface area contributed by atoms with Crippen molar-refractivity contribution in [3.8, 4) is 23.0 Å². The maximum Gasteiger partial charge on any atom is 0.573 e. The summed E-state index contributed by atoms with van der Waals surface area (Å²) in [5.74, 6) is -0.917. The largest absolute Gasteiger partial charge is 0.573 e. The lowest BCUT2D eigenvalue weighted by Crippen LogP contribution is -2.28. The topological polar surface area (TPSA) is 144 Å². The van der Waals surface area contributed by atoms with Gasteiger partial charge in [0.2, 0.25) is 0 Å². The van der Waals surface area contributed by atoms with Crippen molar-refractivity contribution >= 4 is 84.4 Å². The summed E-state index contributed by atoms with van der Waals surface area (Å²) < 4.78 is 107. The second-order valence-corrected chi connectivity index (χ2v) is 19.2. The fourth-order valence-corrected chi connectivity index (χ4v) is 9.03. The number of esters is 2. The summed E-state index contributed by atoms with van der Waals surface area (Å²) in [5, 5.41) is 2.76. The maximum atomic E-state index is 13.6. The Balaban J connectivity index is 0.000000218. The Bertz CT molecular complexity index is 3470. The summed E-state index contributed by atoms with van der Waals surface area (Å²) in [5.41, 5.74) is 5.36. The lowest BCUT2D eigenvalue weighted by Gasteiger charge is -2.17. The van der Waals surface area contributed by atoms with Crippen molar-refractivity contribution in [3.05, 3.63) is 188 Å². The molecule has 0 aliphatic carbocycles.